The molecular formula is C12H14N4O3S. The number of nitrogens with zero attached hydrogens (tertiary/aromatic N) is 3. The highest BCUT2D eigenvalue weighted by Gasteiger charge is 2.18. The maximum absolute atomic E-state index is 12.0. The number of carbonyl (C=O) groups is 2. The van der Waals surface area contributed by atoms with Crippen molar-refractivity contribution in [1.29, 1.82) is 0 Å². The van der Waals surface area contributed by atoms with Crippen molar-refractivity contribution in [2.75, 3.05) is 5.32 Å². The smallest absolute Gasteiger partial charge is 0.347 e. The lowest BCUT2D eigenvalue weighted by molar-refractivity contribution is 0.0701. The molecule has 0 bridgehead atoms. The Morgan fingerprint density at radius 3 is 2.60 bits per heavy atom. The third kappa shape index (κ3) is 3.02. The van der Waals surface area contributed by atoms with Crippen LogP contribution in [0.25, 0.3) is 0 Å². The van der Waals surface area contributed by atoms with Crippen molar-refractivity contribution < 1.29 is 14.7 Å². The molecule has 7 nitrogen and oxygen atoms in total. The van der Waals surface area contributed by atoms with Gasteiger partial charge in [-0.3, -0.25) is 14.8 Å². The molecule has 0 atom stereocenters. The van der Waals surface area contributed by atoms with Crippen molar-refractivity contribution in [2.24, 2.45) is 0 Å². The lowest BCUT2D eigenvalue weighted by Gasteiger charge is -2.18. The van der Waals surface area contributed by atoms with Gasteiger partial charge in [-0.15, -0.1) is 0 Å². The number of carboxylic acids is 1. The number of amides is 1. The second-order valence-corrected chi connectivity index (χ2v) is 6.14. The number of aromatic nitrogens is 3. The van der Waals surface area contributed by atoms with E-state index in [9.17, 15) is 9.59 Å². The highest BCUT2D eigenvalue weighted by molar-refractivity contribution is 7.17. The van der Waals surface area contributed by atoms with E-state index < -0.39 is 11.9 Å². The maximum Gasteiger partial charge on any atom is 0.347 e. The van der Waals surface area contributed by atoms with Crippen molar-refractivity contribution >= 4 is 28.3 Å². The zero-order valence-corrected chi connectivity index (χ0v) is 12.1. The summed E-state index contributed by atoms with van der Waals surface area (Å²) in [5.74, 6) is -1.49. The standard InChI is InChI=1S/C12H14N4O3S/c1-12(2,3)16-5-4-7(15-16)9(17)14-11-13-6-8(20-11)10(18)19/h4-6H,1-3H3,(H,18,19)(H,13,14,17). The first-order valence-corrected chi connectivity index (χ1v) is 6.65. The molecule has 2 N–H and O–H groups in total. The van der Waals surface area contributed by atoms with Crippen LogP contribution in [0, 0.1) is 0 Å². The van der Waals surface area contributed by atoms with Gasteiger partial charge in [-0.05, 0) is 26.8 Å². The molecule has 20 heavy (non-hydrogen) atoms. The van der Waals surface area contributed by atoms with E-state index in [0.717, 1.165) is 11.3 Å². The van der Waals surface area contributed by atoms with Crippen LogP contribution in [0.15, 0.2) is 18.5 Å². The van der Waals surface area contributed by atoms with Gasteiger partial charge in [0.15, 0.2) is 10.8 Å². The van der Waals surface area contributed by atoms with Crippen LogP contribution in [0.5, 0.6) is 0 Å². The zero-order valence-electron chi connectivity index (χ0n) is 11.2. The zero-order chi connectivity index (χ0) is 14.9. The summed E-state index contributed by atoms with van der Waals surface area (Å²) in [5, 5.41) is 15.7. The molecule has 0 aliphatic heterocycles. The number of rotatable bonds is 3. The van der Waals surface area contributed by atoms with E-state index in [0.29, 0.717) is 0 Å². The minimum atomic E-state index is -1.07. The predicted molar refractivity (Wildman–Crippen MR) is 74.2 cm³/mol. The summed E-state index contributed by atoms with van der Waals surface area (Å²) in [6.07, 6.45) is 2.93. The van der Waals surface area contributed by atoms with Crippen molar-refractivity contribution in [3.8, 4) is 0 Å². The van der Waals surface area contributed by atoms with Gasteiger partial charge in [0.2, 0.25) is 0 Å². The normalized spacial score (nSPS) is 11.3. The Kier molecular flexibility index (Phi) is 3.58. The number of hydrogen-bond donors (Lipinski definition) is 2. The van der Waals surface area contributed by atoms with E-state index in [1.165, 1.54) is 6.20 Å². The Bertz CT molecular complexity index is 654. The molecule has 2 aromatic heterocycles. The molecule has 1 amide bonds. The summed E-state index contributed by atoms with van der Waals surface area (Å²) in [6, 6.07) is 1.60. The molecule has 0 unspecified atom stereocenters. The van der Waals surface area contributed by atoms with Crippen LogP contribution in [-0.2, 0) is 5.54 Å². The number of carboxylic acid groups (broad SMARTS) is 1. The first-order chi connectivity index (χ1) is 9.27. The minimum Gasteiger partial charge on any atom is -0.477 e. The highest BCUT2D eigenvalue weighted by atomic mass is 32.1. The third-order valence-electron chi connectivity index (χ3n) is 2.45. The lowest BCUT2D eigenvalue weighted by Crippen LogP contribution is -2.23. The maximum atomic E-state index is 12.0. The van der Waals surface area contributed by atoms with Gasteiger partial charge in [-0.25, -0.2) is 9.78 Å². The van der Waals surface area contributed by atoms with Crippen molar-refractivity contribution in [3.05, 3.63) is 29.0 Å². The SMILES string of the molecule is CC(C)(C)n1ccc(C(=O)Nc2ncc(C(=O)O)s2)n1. The third-order valence-corrected chi connectivity index (χ3v) is 3.35. The fourth-order valence-electron chi connectivity index (χ4n) is 1.41. The second-order valence-electron chi connectivity index (χ2n) is 5.11. The monoisotopic (exact) mass is 294 g/mol. The Labute approximate surface area is 119 Å². The molecule has 0 aliphatic carbocycles. The fourth-order valence-corrected chi connectivity index (χ4v) is 2.06. The molecule has 106 valence electrons. The summed E-state index contributed by atoms with van der Waals surface area (Å²) >= 11 is 0.899. The summed E-state index contributed by atoms with van der Waals surface area (Å²) < 4.78 is 1.69. The van der Waals surface area contributed by atoms with Gasteiger partial charge >= 0.3 is 5.97 Å². The molecule has 2 rings (SSSR count). The molecule has 0 spiro atoms. The average molecular weight is 294 g/mol. The fraction of sp³-hybridized carbons (Fsp3) is 0.333. The molecular weight excluding hydrogens is 280 g/mol. The number of anilines is 1. The number of carbonyl (C=O) groups excluding carboxylic acids is 1. The molecule has 0 aliphatic rings. The summed E-state index contributed by atoms with van der Waals surface area (Å²) in [6.45, 7) is 5.92. The summed E-state index contributed by atoms with van der Waals surface area (Å²) in [4.78, 5) is 26.6. The molecule has 0 aromatic carbocycles. The van der Waals surface area contributed by atoms with Crippen molar-refractivity contribution in [3.63, 3.8) is 0 Å². The molecule has 2 heterocycles. The van der Waals surface area contributed by atoms with E-state index in [1.807, 2.05) is 20.8 Å². The van der Waals surface area contributed by atoms with Gasteiger partial charge in [-0.2, -0.15) is 5.10 Å². The van der Waals surface area contributed by atoms with E-state index in [2.05, 4.69) is 15.4 Å². The molecule has 0 radical (unpaired) electrons. The van der Waals surface area contributed by atoms with Crippen LogP contribution >= 0.6 is 11.3 Å². The minimum absolute atomic E-state index is 0.0699. The Morgan fingerprint density at radius 2 is 2.10 bits per heavy atom. The molecule has 8 heteroatoms. The molecule has 2 aromatic rings. The van der Waals surface area contributed by atoms with Crippen LogP contribution in [0.3, 0.4) is 0 Å². The quantitative estimate of drug-likeness (QED) is 0.903. The van der Waals surface area contributed by atoms with Crippen LogP contribution in [0.1, 0.15) is 40.9 Å². The average Bonchev–Trinajstić information content (AvgIpc) is 2.95. The summed E-state index contributed by atoms with van der Waals surface area (Å²) in [7, 11) is 0. The largest absolute Gasteiger partial charge is 0.477 e. The van der Waals surface area contributed by atoms with E-state index in [-0.39, 0.29) is 21.2 Å². The predicted octanol–water partition coefficient (Wildman–Crippen LogP) is 2.05. The van der Waals surface area contributed by atoms with Gasteiger partial charge in [0, 0.05) is 6.20 Å². The summed E-state index contributed by atoms with van der Waals surface area (Å²) in [5.41, 5.74) is 0.0444. The van der Waals surface area contributed by atoms with Crippen molar-refractivity contribution in [2.45, 2.75) is 26.3 Å². The topological polar surface area (TPSA) is 97.1 Å². The number of hydrogen-bond acceptors (Lipinski definition) is 5. The lowest BCUT2D eigenvalue weighted by atomic mass is 10.1. The first-order valence-electron chi connectivity index (χ1n) is 5.84. The molecule has 0 saturated heterocycles. The number of nitrogens with one attached hydrogen (secondary N) is 1. The van der Waals surface area contributed by atoms with Crippen LogP contribution in [0.2, 0.25) is 0 Å². The van der Waals surface area contributed by atoms with Gasteiger partial charge in [0.1, 0.15) is 4.88 Å². The number of aromatic carboxylic acids is 1. The van der Waals surface area contributed by atoms with Crippen LogP contribution in [0.4, 0.5) is 5.13 Å². The Morgan fingerprint density at radius 1 is 1.40 bits per heavy atom. The van der Waals surface area contributed by atoms with Gasteiger partial charge in [0.25, 0.3) is 5.91 Å². The molecule has 0 fully saturated rings. The van der Waals surface area contributed by atoms with Gasteiger partial charge in [-0.1, -0.05) is 11.3 Å². The van der Waals surface area contributed by atoms with E-state index >= 15 is 0 Å². The van der Waals surface area contributed by atoms with Gasteiger partial charge in [0.05, 0.1) is 11.7 Å². The number of thiazole rings is 1. The Balaban J connectivity index is 2.11. The second kappa shape index (κ2) is 5.04. The highest BCUT2D eigenvalue weighted by Crippen LogP contribution is 2.19. The van der Waals surface area contributed by atoms with Crippen LogP contribution < -0.4 is 5.32 Å². The Hall–Kier alpha value is -2.22. The first kappa shape index (κ1) is 14.2. The van der Waals surface area contributed by atoms with E-state index in [4.69, 9.17) is 5.11 Å². The van der Waals surface area contributed by atoms with E-state index in [1.54, 1.807) is 16.9 Å². The van der Waals surface area contributed by atoms with Crippen molar-refractivity contribution in [1.82, 2.24) is 14.8 Å². The van der Waals surface area contributed by atoms with Crippen LogP contribution in [-0.4, -0.2) is 31.7 Å². The molecule has 0 saturated carbocycles. The van der Waals surface area contributed by atoms with Gasteiger partial charge < -0.3 is 5.11 Å².